The molecule has 1 nitrogen and oxygen atoms in total. The predicted molar refractivity (Wildman–Crippen MR) is 58.3 cm³/mol. The van der Waals surface area contributed by atoms with E-state index in [2.05, 4.69) is 0 Å². The molecule has 0 spiro atoms. The number of hydrogen-bond acceptors (Lipinski definition) is 1. The van der Waals surface area contributed by atoms with E-state index in [4.69, 9.17) is 0 Å². The third-order valence-corrected chi connectivity index (χ3v) is 3.05. The Bertz CT molecular complexity index is 379. The minimum atomic E-state index is -4.93. The van der Waals surface area contributed by atoms with E-state index in [1.54, 1.807) is 13.3 Å². The molecule has 0 aromatic heterocycles. The first kappa shape index (κ1) is 12.4. The highest BCUT2D eigenvalue weighted by Gasteiger charge is 2.25. The average molecular weight is 235 g/mol. The van der Waals surface area contributed by atoms with E-state index in [-0.39, 0.29) is 0 Å². The summed E-state index contributed by atoms with van der Waals surface area (Å²) in [5, 5.41) is 0. The van der Waals surface area contributed by atoms with Gasteiger partial charge in [-0.3, -0.25) is 0 Å². The first-order chi connectivity index (χ1) is 6.68. The topological polar surface area (TPSA) is 17.1 Å². The average Bonchev–Trinajstić information content (AvgIpc) is 2.00. The second-order valence-electron chi connectivity index (χ2n) is 4.05. The molecule has 0 fully saturated rings. The summed E-state index contributed by atoms with van der Waals surface area (Å²) in [7, 11) is -2.22. The molecule has 0 aliphatic rings. The Hall–Kier alpha value is -0.695. The van der Waals surface area contributed by atoms with E-state index in [9.17, 15) is 17.5 Å². The lowest BCUT2D eigenvalue weighted by atomic mass is 9.80. The van der Waals surface area contributed by atoms with Crippen LogP contribution in [0.2, 0.25) is 0 Å². The fraction of sp³-hybridized carbons (Fsp3) is 0.333. The molecule has 1 rings (SSSR count). The molecule has 0 radical (unpaired) electrons. The molecule has 84 valence electrons. The molecule has 15 heavy (non-hydrogen) atoms. The molecule has 0 amide bonds. The summed E-state index contributed by atoms with van der Waals surface area (Å²) < 4.78 is 48.2. The monoisotopic (exact) mass is 235 g/mol. The first-order valence-corrected chi connectivity index (χ1v) is 7.30. The number of hydrogen-bond donors (Lipinski definition) is 0. The van der Waals surface area contributed by atoms with Gasteiger partial charge in [0.25, 0.3) is 0 Å². The number of halogens is 3. The fourth-order valence-corrected chi connectivity index (χ4v) is 2.37. The molecule has 0 unspecified atom stereocenters. The van der Waals surface area contributed by atoms with Gasteiger partial charge in [-0.25, -0.2) is 0 Å². The standard InChI is InChI=1S/C9H12BF3OP/c1-15(2,14)7-8-3-5-9(6-4-8)10(11,12)13/h3-6H,7H2,1-2H3/q-1. The zero-order chi connectivity index (χ0) is 11.7. The zero-order valence-electron chi connectivity index (χ0n) is 8.58. The molecule has 0 aliphatic heterocycles. The zero-order valence-corrected chi connectivity index (χ0v) is 9.48. The van der Waals surface area contributed by atoms with Gasteiger partial charge in [0.1, 0.15) is 0 Å². The van der Waals surface area contributed by atoms with Crippen LogP contribution in [-0.2, 0) is 10.7 Å². The van der Waals surface area contributed by atoms with Gasteiger partial charge in [0.2, 0.25) is 0 Å². The van der Waals surface area contributed by atoms with Crippen molar-refractivity contribution in [3.63, 3.8) is 0 Å². The summed E-state index contributed by atoms with van der Waals surface area (Å²) in [6.45, 7) is -1.69. The van der Waals surface area contributed by atoms with Crippen LogP contribution < -0.4 is 5.46 Å². The van der Waals surface area contributed by atoms with Crippen LogP contribution in [0.25, 0.3) is 0 Å². The van der Waals surface area contributed by atoms with Crippen LogP contribution in [-0.4, -0.2) is 20.3 Å². The summed E-state index contributed by atoms with van der Waals surface area (Å²) >= 11 is 0. The minimum absolute atomic E-state index is 0.345. The Morgan fingerprint density at radius 3 is 1.93 bits per heavy atom. The normalized spacial score (nSPS) is 12.9. The van der Waals surface area contributed by atoms with E-state index in [0.29, 0.717) is 11.7 Å². The molecule has 0 atom stereocenters. The highest BCUT2D eigenvalue weighted by atomic mass is 31.2. The molecule has 1 aromatic carbocycles. The molecule has 0 heterocycles. The maximum atomic E-state index is 12.3. The first-order valence-electron chi connectivity index (χ1n) is 4.51. The van der Waals surface area contributed by atoms with E-state index in [0.717, 1.165) is 12.1 Å². The van der Waals surface area contributed by atoms with Crippen LogP contribution >= 0.6 is 7.14 Å². The third kappa shape index (κ3) is 4.12. The highest BCUT2D eigenvalue weighted by Crippen LogP contribution is 2.40. The van der Waals surface area contributed by atoms with Gasteiger partial charge < -0.3 is 17.5 Å². The second kappa shape index (κ2) is 4.05. The number of benzene rings is 1. The SMILES string of the molecule is CP(C)(=O)Cc1ccc([B-](F)(F)F)cc1. The lowest BCUT2D eigenvalue weighted by Gasteiger charge is -2.15. The van der Waals surface area contributed by atoms with E-state index in [1.165, 1.54) is 12.1 Å². The quantitative estimate of drug-likeness (QED) is 0.581. The van der Waals surface area contributed by atoms with Crippen LogP contribution in [0.15, 0.2) is 24.3 Å². The Balaban J connectivity index is 2.87. The van der Waals surface area contributed by atoms with Gasteiger partial charge in [0.05, 0.1) is 7.14 Å². The van der Waals surface area contributed by atoms with Crippen LogP contribution in [0.4, 0.5) is 12.9 Å². The van der Waals surface area contributed by atoms with Crippen molar-refractivity contribution in [1.82, 2.24) is 0 Å². The molecular weight excluding hydrogens is 223 g/mol. The van der Waals surface area contributed by atoms with Crippen LogP contribution in [0.5, 0.6) is 0 Å². The van der Waals surface area contributed by atoms with Crippen molar-refractivity contribution < 1.29 is 17.5 Å². The van der Waals surface area contributed by atoms with E-state index in [1.807, 2.05) is 0 Å². The van der Waals surface area contributed by atoms with E-state index >= 15 is 0 Å². The van der Waals surface area contributed by atoms with Crippen molar-refractivity contribution in [2.24, 2.45) is 0 Å². The lowest BCUT2D eigenvalue weighted by Crippen LogP contribution is -2.33. The van der Waals surface area contributed by atoms with Gasteiger partial charge in [-0.05, 0) is 18.9 Å². The molecule has 0 saturated carbocycles. The summed E-state index contributed by atoms with van der Waals surface area (Å²) in [6, 6.07) is 4.88. The molecule has 0 bridgehead atoms. The van der Waals surface area contributed by atoms with Crippen molar-refractivity contribution in [1.29, 1.82) is 0 Å². The molecule has 0 saturated heterocycles. The van der Waals surface area contributed by atoms with Crippen molar-refractivity contribution >= 4 is 19.6 Å². The smallest absolute Gasteiger partial charge is 0.445 e. The molecular formula is C9H12BF3OP-. The number of rotatable bonds is 3. The van der Waals surface area contributed by atoms with Crippen LogP contribution in [0.1, 0.15) is 5.56 Å². The van der Waals surface area contributed by atoms with E-state index < -0.39 is 19.6 Å². The van der Waals surface area contributed by atoms with Crippen molar-refractivity contribution in [2.75, 3.05) is 13.3 Å². The maximum absolute atomic E-state index is 12.3. The van der Waals surface area contributed by atoms with Gasteiger partial charge in [0, 0.05) is 6.16 Å². The maximum Gasteiger partial charge on any atom is 0.509 e. The van der Waals surface area contributed by atoms with Gasteiger partial charge in [-0.2, -0.15) is 0 Å². The summed E-state index contributed by atoms with van der Waals surface area (Å²) in [5.74, 6) is 0. The molecule has 6 heteroatoms. The van der Waals surface area contributed by atoms with Gasteiger partial charge in [-0.1, -0.05) is 24.3 Å². The molecule has 1 aromatic rings. The van der Waals surface area contributed by atoms with Crippen molar-refractivity contribution in [3.8, 4) is 0 Å². The largest absolute Gasteiger partial charge is 0.509 e. The second-order valence-corrected chi connectivity index (χ2v) is 7.51. The Morgan fingerprint density at radius 2 is 1.60 bits per heavy atom. The van der Waals surface area contributed by atoms with Crippen molar-refractivity contribution in [3.05, 3.63) is 29.8 Å². The Morgan fingerprint density at radius 1 is 1.13 bits per heavy atom. The van der Waals surface area contributed by atoms with Gasteiger partial charge in [-0.15, -0.1) is 5.46 Å². The van der Waals surface area contributed by atoms with Crippen LogP contribution in [0, 0.1) is 0 Å². The Labute approximate surface area is 87.1 Å². The minimum Gasteiger partial charge on any atom is -0.445 e. The third-order valence-electron chi connectivity index (χ3n) is 1.92. The molecule has 0 aliphatic carbocycles. The van der Waals surface area contributed by atoms with Crippen LogP contribution in [0.3, 0.4) is 0 Å². The van der Waals surface area contributed by atoms with Crippen molar-refractivity contribution in [2.45, 2.75) is 6.16 Å². The highest BCUT2D eigenvalue weighted by molar-refractivity contribution is 7.61. The van der Waals surface area contributed by atoms with Gasteiger partial charge >= 0.3 is 6.98 Å². The summed E-state index contributed by atoms with van der Waals surface area (Å²) in [4.78, 5) is 0. The van der Waals surface area contributed by atoms with Gasteiger partial charge in [0.15, 0.2) is 0 Å². The summed E-state index contributed by atoms with van der Waals surface area (Å²) in [5.41, 5.74) is 0.0768. The Kier molecular flexibility index (Phi) is 3.34. The summed E-state index contributed by atoms with van der Waals surface area (Å²) in [6.07, 6.45) is 0.345. The predicted octanol–water partition coefficient (Wildman–Crippen LogP) is 2.86. The fourth-order valence-electron chi connectivity index (χ4n) is 1.28. The lowest BCUT2D eigenvalue weighted by molar-refractivity contribution is 0.501. The molecule has 0 N–H and O–H groups in total.